The quantitative estimate of drug-likeness (QED) is 0.802. The van der Waals surface area contributed by atoms with Crippen LogP contribution in [0.15, 0.2) is 18.2 Å². The predicted octanol–water partition coefficient (Wildman–Crippen LogP) is 1.46. The number of halogens is 1. The number of nitrogen functional groups attached to an aromatic ring is 1. The highest BCUT2D eigenvalue weighted by molar-refractivity contribution is 5.91. The molecule has 6 heteroatoms. The summed E-state index contributed by atoms with van der Waals surface area (Å²) in [5.74, 6) is -0.663. The molecule has 1 saturated heterocycles. The maximum Gasteiger partial charge on any atom is 0.224 e. The van der Waals surface area contributed by atoms with Crippen LogP contribution in [0.1, 0.15) is 12.8 Å². The fourth-order valence-electron chi connectivity index (χ4n) is 2.14. The van der Waals surface area contributed by atoms with Crippen molar-refractivity contribution < 1.29 is 13.9 Å². The first-order chi connectivity index (χ1) is 9.65. The summed E-state index contributed by atoms with van der Waals surface area (Å²) in [7, 11) is 0. The number of amides is 1. The average Bonchev–Trinajstić information content (AvgIpc) is 2.44. The zero-order valence-corrected chi connectivity index (χ0v) is 11.4. The largest absolute Gasteiger partial charge is 0.399 e. The Kier molecular flexibility index (Phi) is 5.31. The van der Waals surface area contributed by atoms with E-state index in [1.165, 1.54) is 18.2 Å². The summed E-state index contributed by atoms with van der Waals surface area (Å²) in [6, 6.07) is 4.14. The van der Waals surface area contributed by atoms with Crippen molar-refractivity contribution in [3.8, 4) is 0 Å². The van der Waals surface area contributed by atoms with E-state index in [1.54, 1.807) is 0 Å². The summed E-state index contributed by atoms with van der Waals surface area (Å²) in [6.45, 7) is 4.18. The van der Waals surface area contributed by atoms with Gasteiger partial charge < -0.3 is 15.8 Å². The van der Waals surface area contributed by atoms with E-state index in [-0.39, 0.29) is 11.6 Å². The Hall–Kier alpha value is -1.66. The Labute approximate surface area is 117 Å². The minimum atomic E-state index is -0.472. The van der Waals surface area contributed by atoms with E-state index in [2.05, 4.69) is 10.2 Å². The first kappa shape index (κ1) is 14.7. The average molecular weight is 281 g/mol. The van der Waals surface area contributed by atoms with Crippen molar-refractivity contribution in [3.05, 3.63) is 24.0 Å². The number of nitrogens with one attached hydrogen (secondary N) is 1. The lowest BCUT2D eigenvalue weighted by atomic mass is 10.2. The van der Waals surface area contributed by atoms with Gasteiger partial charge in [0.1, 0.15) is 5.82 Å². The second-order valence-electron chi connectivity index (χ2n) is 4.85. The van der Waals surface area contributed by atoms with Gasteiger partial charge in [-0.05, 0) is 31.2 Å². The van der Waals surface area contributed by atoms with Crippen LogP contribution in [0.3, 0.4) is 0 Å². The fourth-order valence-corrected chi connectivity index (χ4v) is 2.14. The van der Waals surface area contributed by atoms with Crippen LogP contribution in [-0.4, -0.2) is 43.7 Å². The molecule has 5 nitrogen and oxygen atoms in total. The maximum absolute atomic E-state index is 13.5. The number of morpholine rings is 1. The lowest BCUT2D eigenvalue weighted by Gasteiger charge is -2.26. The van der Waals surface area contributed by atoms with Crippen LogP contribution < -0.4 is 11.1 Å². The van der Waals surface area contributed by atoms with Crippen molar-refractivity contribution in [1.82, 2.24) is 4.90 Å². The number of nitrogens with zero attached hydrogens (tertiary/aromatic N) is 1. The molecule has 0 unspecified atom stereocenters. The highest BCUT2D eigenvalue weighted by Gasteiger charge is 2.11. The summed E-state index contributed by atoms with van der Waals surface area (Å²) < 4.78 is 18.7. The van der Waals surface area contributed by atoms with E-state index in [0.717, 1.165) is 39.3 Å². The molecular weight excluding hydrogens is 261 g/mol. The number of carbonyl (C=O) groups excluding carboxylic acids is 1. The van der Waals surface area contributed by atoms with Gasteiger partial charge in [-0.15, -0.1) is 0 Å². The highest BCUT2D eigenvalue weighted by Crippen LogP contribution is 2.17. The number of anilines is 2. The first-order valence-corrected chi connectivity index (χ1v) is 6.80. The molecule has 2 rings (SSSR count). The van der Waals surface area contributed by atoms with Crippen LogP contribution in [0.4, 0.5) is 15.8 Å². The minimum Gasteiger partial charge on any atom is -0.399 e. The highest BCUT2D eigenvalue weighted by atomic mass is 19.1. The number of rotatable bonds is 5. The molecule has 1 aromatic carbocycles. The Bertz CT molecular complexity index is 462. The molecule has 110 valence electrons. The molecule has 0 aliphatic carbocycles. The van der Waals surface area contributed by atoms with Crippen LogP contribution >= 0.6 is 0 Å². The molecule has 1 aromatic rings. The Morgan fingerprint density at radius 2 is 2.15 bits per heavy atom. The molecule has 1 fully saturated rings. The first-order valence-electron chi connectivity index (χ1n) is 6.80. The molecule has 3 N–H and O–H groups in total. The molecule has 20 heavy (non-hydrogen) atoms. The molecule has 0 radical (unpaired) electrons. The van der Waals surface area contributed by atoms with Gasteiger partial charge in [0, 0.05) is 25.2 Å². The zero-order valence-electron chi connectivity index (χ0n) is 11.4. The number of hydrogen-bond acceptors (Lipinski definition) is 4. The normalized spacial score (nSPS) is 16.1. The third kappa shape index (κ3) is 4.47. The van der Waals surface area contributed by atoms with Gasteiger partial charge in [-0.1, -0.05) is 0 Å². The summed E-state index contributed by atoms with van der Waals surface area (Å²) in [4.78, 5) is 14.0. The molecule has 0 saturated carbocycles. The van der Waals surface area contributed by atoms with Crippen molar-refractivity contribution in [1.29, 1.82) is 0 Å². The smallest absolute Gasteiger partial charge is 0.224 e. The number of carbonyl (C=O) groups is 1. The van der Waals surface area contributed by atoms with Crippen LogP contribution in [0, 0.1) is 5.82 Å². The molecule has 1 aliphatic rings. The van der Waals surface area contributed by atoms with Crippen LogP contribution in [0.2, 0.25) is 0 Å². The van der Waals surface area contributed by atoms with Gasteiger partial charge in [0.25, 0.3) is 0 Å². The van der Waals surface area contributed by atoms with Crippen molar-refractivity contribution >= 4 is 17.3 Å². The second-order valence-corrected chi connectivity index (χ2v) is 4.85. The Morgan fingerprint density at radius 3 is 2.90 bits per heavy atom. The van der Waals surface area contributed by atoms with Gasteiger partial charge in [0.05, 0.1) is 18.9 Å². The molecule has 0 aromatic heterocycles. The molecular formula is C14H20FN3O2. The van der Waals surface area contributed by atoms with Crippen molar-refractivity contribution in [2.75, 3.05) is 43.9 Å². The van der Waals surface area contributed by atoms with Gasteiger partial charge in [-0.3, -0.25) is 9.69 Å². The number of ether oxygens (including phenoxy) is 1. The lowest BCUT2D eigenvalue weighted by molar-refractivity contribution is -0.116. The summed E-state index contributed by atoms with van der Waals surface area (Å²) >= 11 is 0. The van der Waals surface area contributed by atoms with E-state index in [9.17, 15) is 9.18 Å². The summed E-state index contributed by atoms with van der Waals surface area (Å²) in [5, 5.41) is 2.55. The summed E-state index contributed by atoms with van der Waals surface area (Å²) in [5.41, 5.74) is 6.13. The van der Waals surface area contributed by atoms with Gasteiger partial charge >= 0.3 is 0 Å². The van der Waals surface area contributed by atoms with Crippen molar-refractivity contribution in [2.24, 2.45) is 0 Å². The molecule has 0 bridgehead atoms. The van der Waals surface area contributed by atoms with Crippen LogP contribution in [-0.2, 0) is 9.53 Å². The standard InChI is InChI=1S/C14H20FN3O2/c15-12-4-3-11(16)10-13(12)17-14(19)2-1-5-18-6-8-20-9-7-18/h3-4,10H,1-2,5-9,16H2,(H,17,19). The zero-order chi connectivity index (χ0) is 14.4. The minimum absolute atomic E-state index is 0.140. The number of benzene rings is 1. The van der Waals surface area contributed by atoms with Crippen LogP contribution in [0.5, 0.6) is 0 Å². The van der Waals surface area contributed by atoms with Gasteiger partial charge in [0.15, 0.2) is 0 Å². The Morgan fingerprint density at radius 1 is 1.40 bits per heavy atom. The monoisotopic (exact) mass is 281 g/mol. The van der Waals surface area contributed by atoms with E-state index in [1.807, 2.05) is 0 Å². The molecule has 0 atom stereocenters. The molecule has 1 heterocycles. The van der Waals surface area contributed by atoms with Gasteiger partial charge in [0.2, 0.25) is 5.91 Å². The maximum atomic E-state index is 13.5. The van der Waals surface area contributed by atoms with Crippen molar-refractivity contribution in [3.63, 3.8) is 0 Å². The molecule has 1 aliphatic heterocycles. The SMILES string of the molecule is Nc1ccc(F)c(NC(=O)CCCN2CCOCC2)c1. The molecule has 1 amide bonds. The van der Waals surface area contributed by atoms with E-state index in [4.69, 9.17) is 10.5 Å². The van der Waals surface area contributed by atoms with E-state index >= 15 is 0 Å². The predicted molar refractivity (Wildman–Crippen MR) is 75.9 cm³/mol. The third-order valence-corrected chi connectivity index (χ3v) is 3.25. The topological polar surface area (TPSA) is 67.6 Å². The number of nitrogens with two attached hydrogens (primary N) is 1. The van der Waals surface area contributed by atoms with Gasteiger partial charge in [-0.25, -0.2) is 4.39 Å². The van der Waals surface area contributed by atoms with E-state index in [0.29, 0.717) is 12.1 Å². The van der Waals surface area contributed by atoms with Crippen molar-refractivity contribution in [2.45, 2.75) is 12.8 Å². The van der Waals surface area contributed by atoms with E-state index < -0.39 is 5.82 Å². The number of hydrogen-bond donors (Lipinski definition) is 2. The third-order valence-electron chi connectivity index (χ3n) is 3.25. The summed E-state index contributed by atoms with van der Waals surface area (Å²) in [6.07, 6.45) is 1.11. The lowest BCUT2D eigenvalue weighted by Crippen LogP contribution is -2.37. The molecule has 0 spiro atoms. The van der Waals surface area contributed by atoms with Crippen LogP contribution in [0.25, 0.3) is 0 Å². The Balaban J connectivity index is 1.73. The van der Waals surface area contributed by atoms with Gasteiger partial charge in [-0.2, -0.15) is 0 Å². The fraction of sp³-hybridized carbons (Fsp3) is 0.500. The second kappa shape index (κ2) is 7.21.